The molecule has 2 aliphatic heterocycles. The van der Waals surface area contributed by atoms with Gasteiger partial charge < -0.3 is 4.90 Å². The molecule has 0 amide bonds. The van der Waals surface area contributed by atoms with E-state index in [1.54, 1.807) is 0 Å². The minimum atomic E-state index is 0.689. The SMILES string of the molecule is C1=CCN2C(=C1)N(c1ccccc1)C(c1ncccn1)=C2c1c2ccccc2c(-c2ccc3ccccc3c2)c2cc3sc4ccccc4c3cc12. The molecule has 0 unspecified atom stereocenters. The number of fused-ring (bicyclic) bond motifs is 7. The second-order valence-electron chi connectivity index (χ2n) is 13.4. The summed E-state index contributed by atoms with van der Waals surface area (Å²) in [6, 6.07) is 50.7. The number of para-hydroxylation sites is 1. The summed E-state index contributed by atoms with van der Waals surface area (Å²) in [6.07, 6.45) is 10.3. The van der Waals surface area contributed by atoms with Crippen LogP contribution in [0.15, 0.2) is 176 Å². The first-order chi connectivity index (χ1) is 25.8. The summed E-state index contributed by atoms with van der Waals surface area (Å²) in [6.45, 7) is 0.729. The van der Waals surface area contributed by atoms with Crippen molar-refractivity contribution in [2.75, 3.05) is 11.4 Å². The Morgan fingerprint density at radius 2 is 1.23 bits per heavy atom. The molecule has 0 radical (unpaired) electrons. The molecule has 0 bridgehead atoms. The van der Waals surface area contributed by atoms with Crippen LogP contribution in [0.2, 0.25) is 0 Å². The van der Waals surface area contributed by atoms with Gasteiger partial charge in [-0.2, -0.15) is 0 Å². The molecule has 0 fully saturated rings. The Morgan fingerprint density at radius 1 is 0.519 bits per heavy atom. The number of benzene rings is 7. The van der Waals surface area contributed by atoms with Crippen molar-refractivity contribution < 1.29 is 0 Å². The topological polar surface area (TPSA) is 32.3 Å². The third-order valence-corrected chi connectivity index (χ3v) is 11.6. The van der Waals surface area contributed by atoms with Crippen molar-refractivity contribution in [3.05, 3.63) is 187 Å². The molecule has 9 aromatic rings. The van der Waals surface area contributed by atoms with E-state index in [1.807, 2.05) is 29.8 Å². The van der Waals surface area contributed by atoms with E-state index < -0.39 is 0 Å². The summed E-state index contributed by atoms with van der Waals surface area (Å²) in [5.74, 6) is 1.78. The van der Waals surface area contributed by atoms with Crippen LogP contribution in [0, 0.1) is 0 Å². The lowest BCUT2D eigenvalue weighted by Gasteiger charge is -2.29. The number of hydrogen-bond donors (Lipinski definition) is 0. The van der Waals surface area contributed by atoms with Crippen LogP contribution >= 0.6 is 11.3 Å². The lowest BCUT2D eigenvalue weighted by atomic mass is 9.85. The summed E-state index contributed by atoms with van der Waals surface area (Å²) >= 11 is 1.87. The second-order valence-corrected chi connectivity index (χ2v) is 14.4. The second kappa shape index (κ2) is 11.5. The van der Waals surface area contributed by atoms with Crippen molar-refractivity contribution in [1.29, 1.82) is 0 Å². The predicted octanol–water partition coefficient (Wildman–Crippen LogP) is 12.0. The standard InChI is InChI=1S/C47H30N4S/c1-2-15-33(16-3-1)51-42-21-10-11-26-50(42)45(46(51)47-48-24-12-25-49-47)44-36-19-7-6-18-35(36)43(32-23-22-30-13-4-5-14-31(30)27-32)39-29-41-37(28-38(39)44)34-17-8-9-20-40(34)52-41/h1-25,27-29H,26H2. The smallest absolute Gasteiger partial charge is 0.178 e. The average molecular weight is 683 g/mol. The largest absolute Gasteiger partial charge is 0.321 e. The van der Waals surface area contributed by atoms with E-state index in [0.717, 1.165) is 29.4 Å². The summed E-state index contributed by atoms with van der Waals surface area (Å²) < 4.78 is 2.59. The molecule has 0 saturated heterocycles. The Hall–Kier alpha value is -6.56. The number of rotatable bonds is 4. The molecule has 5 heteroatoms. The van der Waals surface area contributed by atoms with E-state index in [9.17, 15) is 0 Å². The maximum atomic E-state index is 4.92. The van der Waals surface area contributed by atoms with Crippen molar-refractivity contribution in [3.63, 3.8) is 0 Å². The average Bonchev–Trinajstić information content (AvgIpc) is 3.75. The number of thiophene rings is 1. The molecule has 2 aromatic heterocycles. The summed E-state index contributed by atoms with van der Waals surface area (Å²) in [7, 11) is 0. The molecule has 11 rings (SSSR count). The zero-order chi connectivity index (χ0) is 34.2. The summed E-state index contributed by atoms with van der Waals surface area (Å²) in [5, 5.41) is 9.91. The van der Waals surface area contributed by atoms with E-state index in [1.165, 1.54) is 69.2 Å². The van der Waals surface area contributed by atoms with Crippen LogP contribution in [0.3, 0.4) is 0 Å². The number of anilines is 1. The quantitative estimate of drug-likeness (QED) is 0.173. The monoisotopic (exact) mass is 682 g/mol. The predicted molar refractivity (Wildman–Crippen MR) is 219 cm³/mol. The van der Waals surface area contributed by atoms with Crippen LogP contribution in [0.5, 0.6) is 0 Å². The van der Waals surface area contributed by atoms with Gasteiger partial charge in [0.2, 0.25) is 0 Å². The fraction of sp³-hybridized carbons (Fsp3) is 0.0213. The van der Waals surface area contributed by atoms with Crippen molar-refractivity contribution >= 4 is 80.9 Å². The lowest BCUT2D eigenvalue weighted by molar-refractivity contribution is 0.547. The van der Waals surface area contributed by atoms with Gasteiger partial charge in [-0.05, 0) is 92.0 Å². The van der Waals surface area contributed by atoms with Gasteiger partial charge in [0.05, 0.1) is 5.70 Å². The third-order valence-electron chi connectivity index (χ3n) is 10.5. The Kier molecular flexibility index (Phi) is 6.45. The minimum Gasteiger partial charge on any atom is -0.321 e. The molecule has 52 heavy (non-hydrogen) atoms. The van der Waals surface area contributed by atoms with E-state index in [4.69, 9.17) is 9.97 Å². The van der Waals surface area contributed by atoms with Gasteiger partial charge in [-0.15, -0.1) is 11.3 Å². The first-order valence-corrected chi connectivity index (χ1v) is 18.4. The van der Waals surface area contributed by atoms with E-state index in [0.29, 0.717) is 5.82 Å². The van der Waals surface area contributed by atoms with Gasteiger partial charge in [0.15, 0.2) is 5.82 Å². The van der Waals surface area contributed by atoms with Gasteiger partial charge in [0, 0.05) is 50.4 Å². The first-order valence-electron chi connectivity index (χ1n) is 17.6. The fourth-order valence-corrected chi connectivity index (χ4v) is 9.40. The van der Waals surface area contributed by atoms with Gasteiger partial charge in [0.1, 0.15) is 11.5 Å². The van der Waals surface area contributed by atoms with Crippen LogP contribution < -0.4 is 4.90 Å². The highest BCUT2D eigenvalue weighted by molar-refractivity contribution is 7.25. The van der Waals surface area contributed by atoms with E-state index >= 15 is 0 Å². The Balaban J connectivity index is 1.34. The molecule has 4 nitrogen and oxygen atoms in total. The summed E-state index contributed by atoms with van der Waals surface area (Å²) in [4.78, 5) is 14.6. The molecule has 0 N–H and O–H groups in total. The molecule has 4 heterocycles. The number of aromatic nitrogens is 2. The van der Waals surface area contributed by atoms with Gasteiger partial charge >= 0.3 is 0 Å². The molecule has 0 spiro atoms. The van der Waals surface area contributed by atoms with Crippen molar-refractivity contribution in [3.8, 4) is 11.1 Å². The maximum absolute atomic E-state index is 4.92. The van der Waals surface area contributed by atoms with Gasteiger partial charge in [-0.1, -0.05) is 109 Å². The molecule has 0 aliphatic carbocycles. The van der Waals surface area contributed by atoms with E-state index in [2.05, 4.69) is 161 Å². The normalized spacial score (nSPS) is 14.3. The fourth-order valence-electron chi connectivity index (χ4n) is 8.28. The highest BCUT2D eigenvalue weighted by atomic mass is 32.1. The summed E-state index contributed by atoms with van der Waals surface area (Å²) in [5.41, 5.74) is 6.81. The van der Waals surface area contributed by atoms with Crippen molar-refractivity contribution in [1.82, 2.24) is 14.9 Å². The first kappa shape index (κ1) is 29.2. The van der Waals surface area contributed by atoms with E-state index in [-0.39, 0.29) is 0 Å². The van der Waals surface area contributed by atoms with Crippen LogP contribution in [0.25, 0.3) is 75.0 Å². The minimum absolute atomic E-state index is 0.689. The Morgan fingerprint density at radius 3 is 2.08 bits per heavy atom. The molecule has 244 valence electrons. The molecule has 0 saturated carbocycles. The number of allylic oxidation sites excluding steroid dienone is 2. The number of nitrogens with zero attached hydrogens (tertiary/aromatic N) is 4. The van der Waals surface area contributed by atoms with Crippen LogP contribution in [-0.4, -0.2) is 21.4 Å². The highest BCUT2D eigenvalue weighted by Gasteiger charge is 2.39. The van der Waals surface area contributed by atoms with Gasteiger partial charge in [-0.3, -0.25) is 4.90 Å². The van der Waals surface area contributed by atoms with Gasteiger partial charge in [0.25, 0.3) is 0 Å². The molecular weight excluding hydrogens is 653 g/mol. The zero-order valence-corrected chi connectivity index (χ0v) is 28.9. The highest BCUT2D eigenvalue weighted by Crippen LogP contribution is 2.52. The third kappa shape index (κ3) is 4.33. The van der Waals surface area contributed by atoms with Crippen LogP contribution in [-0.2, 0) is 0 Å². The number of hydrogen-bond acceptors (Lipinski definition) is 5. The van der Waals surface area contributed by atoms with Crippen molar-refractivity contribution in [2.24, 2.45) is 0 Å². The molecule has 7 aromatic carbocycles. The Bertz CT molecular complexity index is 2990. The zero-order valence-electron chi connectivity index (χ0n) is 28.1. The molecule has 2 aliphatic rings. The maximum Gasteiger partial charge on any atom is 0.178 e. The molecule has 0 atom stereocenters. The lowest BCUT2D eigenvalue weighted by Crippen LogP contribution is -2.27. The molecular formula is C47H30N4S. The van der Waals surface area contributed by atoms with Crippen molar-refractivity contribution in [2.45, 2.75) is 0 Å². The van der Waals surface area contributed by atoms with Crippen LogP contribution in [0.1, 0.15) is 11.4 Å². The van der Waals surface area contributed by atoms with Gasteiger partial charge in [-0.25, -0.2) is 9.97 Å². The van der Waals surface area contributed by atoms with Crippen LogP contribution in [0.4, 0.5) is 5.69 Å². The Labute approximate surface area is 304 Å².